The van der Waals surface area contributed by atoms with Gasteiger partial charge in [-0.1, -0.05) is 18.2 Å². The van der Waals surface area contributed by atoms with Crippen LogP contribution >= 0.6 is 15.9 Å². The van der Waals surface area contributed by atoms with Gasteiger partial charge in [-0.3, -0.25) is 0 Å². The van der Waals surface area contributed by atoms with E-state index in [1.54, 1.807) is 24.3 Å². The van der Waals surface area contributed by atoms with E-state index in [1.165, 1.54) is 6.20 Å². The lowest BCUT2D eigenvalue weighted by Gasteiger charge is -2.05. The average Bonchev–Trinajstić information content (AvgIpc) is 2.45. The third-order valence-corrected chi connectivity index (χ3v) is 2.32. The number of aromatic amines is 1. The molecule has 0 atom stereocenters. The molecule has 0 aliphatic rings. The molecule has 0 unspecified atom stereocenters. The van der Waals surface area contributed by atoms with Crippen molar-refractivity contribution in [3.8, 4) is 0 Å². The van der Waals surface area contributed by atoms with E-state index in [1.807, 2.05) is 0 Å². The Labute approximate surface area is 81.9 Å². The summed E-state index contributed by atoms with van der Waals surface area (Å²) in [6.07, 6.45) is 1.32. The highest BCUT2D eigenvalue weighted by Gasteiger charge is 2.29. The minimum Gasteiger partial charge on any atom is -0.361 e. The molecule has 0 aliphatic heterocycles. The third kappa shape index (κ3) is 1.46. The van der Waals surface area contributed by atoms with Crippen molar-refractivity contribution in [3.63, 3.8) is 0 Å². The molecule has 1 heterocycles. The average molecular weight is 246 g/mol. The summed E-state index contributed by atoms with van der Waals surface area (Å²) in [6.45, 7) is 0. The molecule has 2 rings (SSSR count). The minimum atomic E-state index is -2.97. The highest BCUT2D eigenvalue weighted by molar-refractivity contribution is 9.09. The summed E-state index contributed by atoms with van der Waals surface area (Å²) in [7, 11) is 0. The first-order valence-electron chi connectivity index (χ1n) is 3.72. The van der Waals surface area contributed by atoms with Crippen LogP contribution in [0.15, 0.2) is 30.5 Å². The van der Waals surface area contributed by atoms with E-state index < -0.39 is 4.83 Å². The molecule has 1 aromatic heterocycles. The Bertz CT molecular complexity index is 430. The van der Waals surface area contributed by atoms with Crippen LogP contribution in [0.4, 0.5) is 8.78 Å². The fraction of sp³-hybridized carbons (Fsp3) is 0.111. The number of nitrogens with one attached hydrogen (secondary N) is 1. The van der Waals surface area contributed by atoms with Crippen LogP contribution in [0.2, 0.25) is 0 Å². The molecule has 0 radical (unpaired) electrons. The van der Waals surface area contributed by atoms with Gasteiger partial charge in [0.25, 0.3) is 0 Å². The molecule has 13 heavy (non-hydrogen) atoms. The van der Waals surface area contributed by atoms with Crippen LogP contribution in [-0.2, 0) is 4.83 Å². The Balaban J connectivity index is 2.72. The Morgan fingerprint density at radius 2 is 1.92 bits per heavy atom. The minimum absolute atomic E-state index is 0.0249. The quantitative estimate of drug-likeness (QED) is 0.739. The maximum atomic E-state index is 12.9. The molecule has 0 saturated heterocycles. The molecule has 0 fully saturated rings. The van der Waals surface area contributed by atoms with Gasteiger partial charge in [0.2, 0.25) is 0 Å². The van der Waals surface area contributed by atoms with Crippen molar-refractivity contribution in [2.75, 3.05) is 0 Å². The molecule has 68 valence electrons. The molecular formula is C9H6BrF2N. The van der Waals surface area contributed by atoms with Gasteiger partial charge in [-0.15, -0.1) is 0 Å². The molecule has 2 aromatic rings. The van der Waals surface area contributed by atoms with Crippen LogP contribution < -0.4 is 0 Å². The third-order valence-electron chi connectivity index (χ3n) is 1.89. The van der Waals surface area contributed by atoms with E-state index in [9.17, 15) is 8.78 Å². The summed E-state index contributed by atoms with van der Waals surface area (Å²) < 4.78 is 25.8. The summed E-state index contributed by atoms with van der Waals surface area (Å²) in [5.41, 5.74) is 0.694. The number of rotatable bonds is 1. The highest BCUT2D eigenvalue weighted by atomic mass is 79.9. The van der Waals surface area contributed by atoms with Crippen LogP contribution in [-0.4, -0.2) is 4.98 Å². The van der Waals surface area contributed by atoms with Gasteiger partial charge in [-0.2, -0.15) is 8.78 Å². The second-order valence-electron chi connectivity index (χ2n) is 2.75. The first-order chi connectivity index (χ1) is 6.09. The van der Waals surface area contributed by atoms with E-state index >= 15 is 0 Å². The van der Waals surface area contributed by atoms with Crippen molar-refractivity contribution in [3.05, 3.63) is 36.0 Å². The van der Waals surface area contributed by atoms with Crippen molar-refractivity contribution >= 4 is 26.8 Å². The summed E-state index contributed by atoms with van der Waals surface area (Å²) >= 11 is 2.33. The number of aromatic nitrogens is 1. The molecule has 1 N–H and O–H groups in total. The first-order valence-corrected chi connectivity index (χ1v) is 4.51. The zero-order valence-electron chi connectivity index (χ0n) is 6.52. The smallest absolute Gasteiger partial charge is 0.328 e. The van der Waals surface area contributed by atoms with Gasteiger partial charge in [-0.05, 0) is 22.0 Å². The van der Waals surface area contributed by atoms with Gasteiger partial charge in [0.05, 0.1) is 5.56 Å². The van der Waals surface area contributed by atoms with Gasteiger partial charge >= 0.3 is 4.83 Å². The number of alkyl halides is 3. The lowest BCUT2D eigenvalue weighted by molar-refractivity contribution is 0.116. The van der Waals surface area contributed by atoms with E-state index in [2.05, 4.69) is 20.9 Å². The number of fused-ring (bicyclic) bond motifs is 1. The van der Waals surface area contributed by atoms with Gasteiger partial charge in [-0.25, -0.2) is 0 Å². The summed E-state index contributed by atoms with van der Waals surface area (Å²) in [6, 6.07) is 6.96. The molecule has 0 aliphatic carbocycles. The number of hydrogen-bond donors (Lipinski definition) is 1. The van der Waals surface area contributed by atoms with Gasteiger partial charge < -0.3 is 4.98 Å². The van der Waals surface area contributed by atoms with Crippen LogP contribution in [0.5, 0.6) is 0 Å². The molecule has 0 saturated carbocycles. The van der Waals surface area contributed by atoms with Crippen molar-refractivity contribution in [1.82, 2.24) is 4.98 Å². The van der Waals surface area contributed by atoms with Crippen molar-refractivity contribution < 1.29 is 8.78 Å². The maximum Gasteiger partial charge on any atom is 0.328 e. The van der Waals surface area contributed by atoms with Crippen molar-refractivity contribution in [1.29, 1.82) is 0 Å². The molecule has 0 spiro atoms. The largest absolute Gasteiger partial charge is 0.361 e. The number of hydrogen-bond acceptors (Lipinski definition) is 0. The van der Waals surface area contributed by atoms with E-state index in [-0.39, 0.29) is 5.56 Å². The lowest BCUT2D eigenvalue weighted by atomic mass is 10.2. The van der Waals surface area contributed by atoms with Crippen molar-refractivity contribution in [2.45, 2.75) is 4.83 Å². The fourth-order valence-corrected chi connectivity index (χ4v) is 1.63. The molecule has 1 aromatic carbocycles. The van der Waals surface area contributed by atoms with Crippen molar-refractivity contribution in [2.24, 2.45) is 0 Å². The Hall–Kier alpha value is -0.900. The number of H-pyrrole nitrogens is 1. The standard InChI is InChI=1S/C9H6BrF2N/c10-9(11,12)7-5-13-8-4-2-1-3-6(7)8/h1-5,13H. The van der Waals surface area contributed by atoms with Gasteiger partial charge in [0, 0.05) is 17.1 Å². The SMILES string of the molecule is FC(F)(Br)c1c[nH]c2ccccc12. The molecule has 1 nitrogen and oxygen atoms in total. The Morgan fingerprint density at radius 3 is 2.62 bits per heavy atom. The van der Waals surface area contributed by atoms with Crippen LogP contribution in [0.3, 0.4) is 0 Å². The topological polar surface area (TPSA) is 15.8 Å². The van der Waals surface area contributed by atoms with Crippen LogP contribution in [0.1, 0.15) is 5.56 Å². The predicted octanol–water partition coefficient (Wildman–Crippen LogP) is 3.61. The Kier molecular flexibility index (Phi) is 1.87. The second-order valence-corrected chi connectivity index (χ2v) is 3.74. The monoisotopic (exact) mass is 245 g/mol. The zero-order chi connectivity index (χ0) is 9.47. The summed E-state index contributed by atoms with van der Waals surface area (Å²) in [5.74, 6) is 0. The highest BCUT2D eigenvalue weighted by Crippen LogP contribution is 2.38. The fourth-order valence-electron chi connectivity index (χ4n) is 1.31. The summed E-state index contributed by atoms with van der Waals surface area (Å²) in [4.78, 5) is -0.181. The zero-order valence-corrected chi connectivity index (χ0v) is 8.11. The first kappa shape index (κ1) is 8.69. The number of benzene rings is 1. The van der Waals surface area contributed by atoms with Gasteiger partial charge in [0.15, 0.2) is 0 Å². The normalized spacial score (nSPS) is 12.2. The van der Waals surface area contributed by atoms with Gasteiger partial charge in [0.1, 0.15) is 0 Å². The summed E-state index contributed by atoms with van der Waals surface area (Å²) in [5, 5.41) is 0.546. The molecular weight excluding hydrogens is 240 g/mol. The maximum absolute atomic E-state index is 12.9. The van der Waals surface area contributed by atoms with E-state index in [4.69, 9.17) is 0 Å². The molecule has 4 heteroatoms. The number of halogens is 3. The van der Waals surface area contributed by atoms with E-state index in [0.29, 0.717) is 5.39 Å². The predicted molar refractivity (Wildman–Crippen MR) is 51.1 cm³/mol. The molecule has 0 amide bonds. The van der Waals surface area contributed by atoms with Crippen LogP contribution in [0, 0.1) is 0 Å². The van der Waals surface area contributed by atoms with Crippen LogP contribution in [0.25, 0.3) is 10.9 Å². The lowest BCUT2D eigenvalue weighted by Crippen LogP contribution is -2.00. The second kappa shape index (κ2) is 2.80. The number of para-hydroxylation sites is 1. The van der Waals surface area contributed by atoms with E-state index in [0.717, 1.165) is 5.52 Å². The molecule has 0 bridgehead atoms. The Morgan fingerprint density at radius 1 is 1.23 bits per heavy atom.